The van der Waals surface area contributed by atoms with Crippen molar-refractivity contribution in [3.05, 3.63) is 47.8 Å². The molecule has 11 heteroatoms. The van der Waals surface area contributed by atoms with Crippen molar-refractivity contribution in [1.29, 1.82) is 0 Å². The van der Waals surface area contributed by atoms with Crippen molar-refractivity contribution in [2.75, 3.05) is 5.32 Å². The number of carbonyl (C=O) groups excluding carboxylic acids is 1. The molecule has 0 spiro atoms. The van der Waals surface area contributed by atoms with Gasteiger partial charge in [0.2, 0.25) is 0 Å². The molecule has 0 unspecified atom stereocenters. The average molecular weight is 398 g/mol. The molecule has 0 aliphatic carbocycles. The summed E-state index contributed by atoms with van der Waals surface area (Å²) in [4.78, 5) is 15.5. The third-order valence-corrected chi connectivity index (χ3v) is 5.35. The molecule has 0 saturated heterocycles. The molecule has 0 radical (unpaired) electrons. The molecule has 0 atom stereocenters. The summed E-state index contributed by atoms with van der Waals surface area (Å²) < 4.78 is 61.9. The van der Waals surface area contributed by atoms with Gasteiger partial charge in [0.15, 0.2) is 5.65 Å². The van der Waals surface area contributed by atoms with E-state index >= 15 is 0 Å². The van der Waals surface area contributed by atoms with Gasteiger partial charge in [-0.25, -0.2) is 13.4 Å². The zero-order chi connectivity index (χ0) is 20.0. The molecule has 0 bridgehead atoms. The fourth-order valence-corrected chi connectivity index (χ4v) is 3.26. The van der Waals surface area contributed by atoms with E-state index in [0.717, 1.165) is 35.3 Å². The van der Waals surface area contributed by atoms with Crippen LogP contribution >= 0.6 is 0 Å². The molecule has 1 amide bonds. The normalized spacial score (nSPS) is 12.3. The van der Waals surface area contributed by atoms with Gasteiger partial charge in [-0.15, -0.1) is 0 Å². The van der Waals surface area contributed by atoms with Gasteiger partial charge in [0.05, 0.1) is 22.5 Å². The highest BCUT2D eigenvalue weighted by Gasteiger charge is 2.46. The second kappa shape index (κ2) is 6.34. The van der Waals surface area contributed by atoms with E-state index in [0.29, 0.717) is 11.3 Å². The van der Waals surface area contributed by atoms with E-state index in [4.69, 9.17) is 0 Å². The highest BCUT2D eigenvalue weighted by atomic mass is 32.2. The molecule has 142 valence electrons. The molecule has 0 aliphatic rings. The van der Waals surface area contributed by atoms with E-state index in [9.17, 15) is 26.4 Å². The minimum Gasteiger partial charge on any atom is -0.321 e. The first kappa shape index (κ1) is 18.8. The molecule has 3 rings (SSSR count). The van der Waals surface area contributed by atoms with Gasteiger partial charge in [-0.05, 0) is 37.3 Å². The number of aromatic nitrogens is 3. The minimum atomic E-state index is -5.46. The molecule has 1 N–H and O–H groups in total. The Morgan fingerprint density at radius 1 is 1.19 bits per heavy atom. The van der Waals surface area contributed by atoms with E-state index in [-0.39, 0.29) is 5.56 Å². The third kappa shape index (κ3) is 3.37. The smallest absolute Gasteiger partial charge is 0.321 e. The van der Waals surface area contributed by atoms with Gasteiger partial charge in [-0.2, -0.15) is 18.3 Å². The van der Waals surface area contributed by atoms with Gasteiger partial charge in [0.25, 0.3) is 15.7 Å². The maximum absolute atomic E-state index is 12.5. The molecule has 27 heavy (non-hydrogen) atoms. The first-order valence-electron chi connectivity index (χ1n) is 7.53. The lowest BCUT2D eigenvalue weighted by Crippen LogP contribution is -2.23. The Hall–Kier alpha value is -2.95. The lowest BCUT2D eigenvalue weighted by Gasteiger charge is -2.09. The molecule has 2 heterocycles. The topological polar surface area (TPSA) is 93.9 Å². The molecular formula is C16H13F3N4O3S. The number of hydrogen-bond donors (Lipinski definition) is 1. The Bertz CT molecular complexity index is 1140. The summed E-state index contributed by atoms with van der Waals surface area (Å²) in [7, 11) is -3.72. The number of amides is 1. The number of alkyl halides is 3. The van der Waals surface area contributed by atoms with Crippen molar-refractivity contribution in [3.8, 4) is 0 Å². The maximum Gasteiger partial charge on any atom is 0.501 e. The van der Waals surface area contributed by atoms with Crippen LogP contribution in [0.25, 0.3) is 11.0 Å². The fourth-order valence-electron chi connectivity index (χ4n) is 2.50. The monoisotopic (exact) mass is 398 g/mol. The Labute approximate surface area is 151 Å². The Morgan fingerprint density at radius 3 is 2.41 bits per heavy atom. The lowest BCUT2D eigenvalue weighted by atomic mass is 10.2. The number of halogens is 3. The summed E-state index contributed by atoms with van der Waals surface area (Å²) in [5.74, 6) is -0.617. The molecule has 0 fully saturated rings. The number of hydrogen-bond acceptors (Lipinski definition) is 5. The fraction of sp³-hybridized carbons (Fsp3) is 0.188. The lowest BCUT2D eigenvalue weighted by molar-refractivity contribution is -0.0436. The number of fused-ring (bicyclic) bond motifs is 1. The van der Waals surface area contributed by atoms with E-state index in [1.165, 1.54) is 6.20 Å². The van der Waals surface area contributed by atoms with Crippen LogP contribution < -0.4 is 5.32 Å². The standard InChI is InChI=1S/C16H13F3N4O3S/c1-9-13-7-11(8-20-14(13)23(2)22-9)21-15(24)10-3-5-12(6-4-10)27(25,26)16(17,18)19/h3-8H,1-2H3,(H,21,24). The second-order valence-corrected chi connectivity index (χ2v) is 7.67. The van der Waals surface area contributed by atoms with E-state index in [2.05, 4.69) is 15.4 Å². The van der Waals surface area contributed by atoms with Crippen LogP contribution in [-0.4, -0.2) is 34.6 Å². The van der Waals surface area contributed by atoms with Crippen molar-refractivity contribution in [3.63, 3.8) is 0 Å². The number of benzene rings is 1. The van der Waals surface area contributed by atoms with Crippen molar-refractivity contribution in [2.45, 2.75) is 17.3 Å². The molecule has 2 aromatic heterocycles. The number of sulfone groups is 1. The summed E-state index contributed by atoms with van der Waals surface area (Å²) in [6, 6.07) is 5.17. The number of anilines is 1. The quantitative estimate of drug-likeness (QED) is 0.732. The highest BCUT2D eigenvalue weighted by Crippen LogP contribution is 2.30. The van der Waals surface area contributed by atoms with Crippen molar-refractivity contribution in [2.24, 2.45) is 7.05 Å². The Balaban J connectivity index is 1.84. The van der Waals surface area contributed by atoms with E-state index < -0.39 is 26.1 Å². The SMILES string of the molecule is Cc1nn(C)c2ncc(NC(=O)c3ccc(S(=O)(=O)C(F)(F)F)cc3)cc12. The first-order chi connectivity index (χ1) is 12.5. The number of pyridine rings is 1. The predicted octanol–water partition coefficient (Wildman–Crippen LogP) is 2.82. The van der Waals surface area contributed by atoms with Crippen LogP contribution in [0.5, 0.6) is 0 Å². The van der Waals surface area contributed by atoms with Crippen molar-refractivity contribution < 1.29 is 26.4 Å². The first-order valence-corrected chi connectivity index (χ1v) is 9.01. The molecule has 0 saturated carbocycles. The van der Waals surface area contributed by atoms with Gasteiger partial charge in [0, 0.05) is 18.0 Å². The van der Waals surface area contributed by atoms with Crippen LogP contribution in [0, 0.1) is 6.92 Å². The number of nitrogens with zero attached hydrogens (tertiary/aromatic N) is 3. The van der Waals surface area contributed by atoms with Gasteiger partial charge >= 0.3 is 5.51 Å². The Morgan fingerprint density at radius 2 is 1.81 bits per heavy atom. The maximum atomic E-state index is 12.5. The number of rotatable bonds is 3. The predicted molar refractivity (Wildman–Crippen MR) is 90.9 cm³/mol. The number of carbonyl (C=O) groups is 1. The second-order valence-electron chi connectivity index (χ2n) is 5.73. The van der Waals surface area contributed by atoms with Gasteiger partial charge in [0.1, 0.15) is 0 Å². The molecule has 7 nitrogen and oxygen atoms in total. The average Bonchev–Trinajstić information content (AvgIpc) is 2.88. The highest BCUT2D eigenvalue weighted by molar-refractivity contribution is 7.92. The summed E-state index contributed by atoms with van der Waals surface area (Å²) in [5, 5.41) is 7.52. The summed E-state index contributed by atoms with van der Waals surface area (Å²) in [6.45, 7) is 1.79. The van der Waals surface area contributed by atoms with Crippen LogP contribution in [0.2, 0.25) is 0 Å². The third-order valence-electron chi connectivity index (χ3n) is 3.85. The number of aryl methyl sites for hydroxylation is 2. The zero-order valence-corrected chi connectivity index (χ0v) is 14.9. The van der Waals surface area contributed by atoms with Crippen LogP contribution in [0.4, 0.5) is 18.9 Å². The Kier molecular flexibility index (Phi) is 4.42. The van der Waals surface area contributed by atoms with Gasteiger partial charge in [-0.1, -0.05) is 0 Å². The summed E-state index contributed by atoms with van der Waals surface area (Å²) in [5.41, 5.74) is -3.68. The largest absolute Gasteiger partial charge is 0.501 e. The van der Waals surface area contributed by atoms with Crippen LogP contribution in [0.1, 0.15) is 16.1 Å². The summed E-state index contributed by atoms with van der Waals surface area (Å²) in [6.07, 6.45) is 1.42. The molecule has 0 aliphatic heterocycles. The molecule has 1 aromatic carbocycles. The number of nitrogens with one attached hydrogen (secondary N) is 1. The van der Waals surface area contributed by atoms with Gasteiger partial charge < -0.3 is 5.32 Å². The van der Waals surface area contributed by atoms with Crippen LogP contribution in [0.3, 0.4) is 0 Å². The zero-order valence-electron chi connectivity index (χ0n) is 14.1. The van der Waals surface area contributed by atoms with Crippen molar-refractivity contribution >= 4 is 32.5 Å². The van der Waals surface area contributed by atoms with Crippen LogP contribution in [-0.2, 0) is 16.9 Å². The van der Waals surface area contributed by atoms with E-state index in [1.54, 1.807) is 24.7 Å². The summed E-state index contributed by atoms with van der Waals surface area (Å²) >= 11 is 0. The van der Waals surface area contributed by atoms with Crippen LogP contribution in [0.15, 0.2) is 41.4 Å². The van der Waals surface area contributed by atoms with Gasteiger partial charge in [-0.3, -0.25) is 9.48 Å². The van der Waals surface area contributed by atoms with Crippen molar-refractivity contribution in [1.82, 2.24) is 14.8 Å². The van der Waals surface area contributed by atoms with E-state index in [1.807, 2.05) is 0 Å². The molecular weight excluding hydrogens is 385 g/mol. The molecule has 3 aromatic rings. The minimum absolute atomic E-state index is 0.000806.